The van der Waals surface area contributed by atoms with Gasteiger partial charge in [-0.25, -0.2) is 0 Å². The molecular formula is C24H31FO6. The number of aliphatic hydroxyl groups is 2. The van der Waals surface area contributed by atoms with Gasteiger partial charge in [0.25, 0.3) is 0 Å². The number of halogens is 1. The van der Waals surface area contributed by atoms with Crippen LogP contribution in [0.4, 0.5) is 4.39 Å². The zero-order chi connectivity index (χ0) is 22.9. The maximum Gasteiger partial charge on any atom is 0.305 e. The van der Waals surface area contributed by atoms with Crippen LogP contribution in [-0.2, 0) is 19.1 Å². The highest BCUT2D eigenvalue weighted by atomic mass is 19.1. The highest BCUT2D eigenvalue weighted by Crippen LogP contribution is 2.68. The van der Waals surface area contributed by atoms with Crippen LogP contribution in [0.5, 0.6) is 0 Å². The van der Waals surface area contributed by atoms with Crippen LogP contribution in [0, 0.1) is 34.5 Å². The molecule has 4 rings (SSSR count). The normalized spacial score (nSPS) is 47.0. The first-order valence-corrected chi connectivity index (χ1v) is 11.1. The summed E-state index contributed by atoms with van der Waals surface area (Å²) >= 11 is 0. The highest BCUT2D eigenvalue weighted by molar-refractivity contribution is 6.01. The Morgan fingerprint density at radius 2 is 2.00 bits per heavy atom. The van der Waals surface area contributed by atoms with Crippen molar-refractivity contribution in [3.63, 3.8) is 0 Å². The van der Waals surface area contributed by atoms with Crippen LogP contribution >= 0.6 is 0 Å². The van der Waals surface area contributed by atoms with Gasteiger partial charge in [0.15, 0.2) is 5.78 Å². The molecule has 31 heavy (non-hydrogen) atoms. The summed E-state index contributed by atoms with van der Waals surface area (Å²) in [5.74, 6) is -2.94. The quantitative estimate of drug-likeness (QED) is 0.663. The zero-order valence-electron chi connectivity index (χ0n) is 18.4. The lowest BCUT2D eigenvalue weighted by atomic mass is 9.46. The number of rotatable bonds is 3. The molecule has 3 fully saturated rings. The topological polar surface area (TPSA) is 101 Å². The lowest BCUT2D eigenvalue weighted by Crippen LogP contribution is -2.63. The average Bonchev–Trinajstić information content (AvgIpc) is 2.88. The van der Waals surface area contributed by atoms with Crippen LogP contribution < -0.4 is 0 Å². The van der Waals surface area contributed by atoms with Crippen molar-refractivity contribution in [2.75, 3.05) is 0 Å². The van der Waals surface area contributed by atoms with Gasteiger partial charge < -0.3 is 14.9 Å². The minimum atomic E-state index is -2.54. The van der Waals surface area contributed by atoms with Crippen LogP contribution in [0.15, 0.2) is 23.8 Å². The minimum absolute atomic E-state index is 0.00446. The van der Waals surface area contributed by atoms with Gasteiger partial charge in [-0.15, -0.1) is 0 Å². The van der Waals surface area contributed by atoms with Crippen LogP contribution in [-0.4, -0.2) is 45.8 Å². The predicted octanol–water partition coefficient (Wildman–Crippen LogP) is 2.67. The summed E-state index contributed by atoms with van der Waals surface area (Å²) < 4.78 is 19.0. The van der Waals surface area contributed by atoms with E-state index in [4.69, 9.17) is 0 Å². The van der Waals surface area contributed by atoms with E-state index in [1.54, 1.807) is 26.0 Å². The SMILES string of the molecule is CC(=O)OC(F)C(=O)[C@@]1(O)[C@H](C)C[C@H]2[C@@H]3CCC4=CC(=O)C=C[C@]4(C)[C@H]3[C@@H](O)C[C@@]21C. The van der Waals surface area contributed by atoms with Crippen LogP contribution in [0.1, 0.15) is 53.4 Å². The second kappa shape index (κ2) is 7.07. The first-order chi connectivity index (χ1) is 14.4. The third-order valence-electron chi connectivity index (χ3n) is 8.93. The molecule has 0 spiro atoms. The molecule has 2 N–H and O–H groups in total. The second-order valence-electron chi connectivity index (χ2n) is 10.4. The maximum atomic E-state index is 14.5. The van der Waals surface area contributed by atoms with Gasteiger partial charge in [-0.3, -0.25) is 14.4 Å². The second-order valence-corrected chi connectivity index (χ2v) is 10.4. The van der Waals surface area contributed by atoms with E-state index in [1.807, 2.05) is 13.0 Å². The summed E-state index contributed by atoms with van der Waals surface area (Å²) in [6, 6.07) is 0. The third-order valence-corrected chi connectivity index (χ3v) is 8.93. The van der Waals surface area contributed by atoms with Gasteiger partial charge in [-0.05, 0) is 55.6 Å². The van der Waals surface area contributed by atoms with Crippen LogP contribution in [0.3, 0.4) is 0 Å². The molecular weight excluding hydrogens is 403 g/mol. The largest absolute Gasteiger partial charge is 0.423 e. The van der Waals surface area contributed by atoms with E-state index in [0.717, 1.165) is 18.9 Å². The molecule has 4 aliphatic rings. The fourth-order valence-corrected chi connectivity index (χ4v) is 7.56. The monoisotopic (exact) mass is 434 g/mol. The Morgan fingerprint density at radius 1 is 1.32 bits per heavy atom. The Kier molecular flexibility index (Phi) is 5.10. The molecule has 170 valence electrons. The molecule has 4 aliphatic carbocycles. The lowest BCUT2D eigenvalue weighted by Gasteiger charge is -2.59. The molecule has 0 bridgehead atoms. The van der Waals surface area contributed by atoms with E-state index in [1.165, 1.54) is 0 Å². The Hall–Kier alpha value is -1.86. The van der Waals surface area contributed by atoms with Crippen molar-refractivity contribution < 1.29 is 33.7 Å². The molecule has 0 aromatic rings. The molecule has 7 heteroatoms. The number of esters is 1. The van der Waals surface area contributed by atoms with Crippen molar-refractivity contribution in [1.29, 1.82) is 0 Å². The number of carbonyl (C=O) groups is 3. The molecule has 6 nitrogen and oxygen atoms in total. The van der Waals surface area contributed by atoms with Gasteiger partial charge in [-0.2, -0.15) is 4.39 Å². The van der Waals surface area contributed by atoms with Gasteiger partial charge >= 0.3 is 12.3 Å². The van der Waals surface area contributed by atoms with Gasteiger partial charge in [0.2, 0.25) is 5.78 Å². The van der Waals surface area contributed by atoms with E-state index >= 15 is 0 Å². The zero-order valence-corrected chi connectivity index (χ0v) is 18.4. The maximum absolute atomic E-state index is 14.5. The van der Waals surface area contributed by atoms with Gasteiger partial charge in [0, 0.05) is 23.7 Å². The Morgan fingerprint density at radius 3 is 2.65 bits per heavy atom. The van der Waals surface area contributed by atoms with Crippen molar-refractivity contribution in [3.05, 3.63) is 23.8 Å². The number of alkyl halides is 1. The van der Waals surface area contributed by atoms with Gasteiger partial charge in [-0.1, -0.05) is 32.4 Å². The highest BCUT2D eigenvalue weighted by Gasteiger charge is 2.71. The van der Waals surface area contributed by atoms with Gasteiger partial charge in [0.1, 0.15) is 5.60 Å². The van der Waals surface area contributed by atoms with Crippen LogP contribution in [0.2, 0.25) is 0 Å². The summed E-state index contributed by atoms with van der Waals surface area (Å²) in [6.07, 6.45) is 3.80. The molecule has 0 aromatic heterocycles. The fourth-order valence-electron chi connectivity index (χ4n) is 7.56. The van der Waals surface area contributed by atoms with E-state index in [0.29, 0.717) is 12.8 Å². The molecule has 0 amide bonds. The first-order valence-electron chi connectivity index (χ1n) is 11.1. The minimum Gasteiger partial charge on any atom is -0.423 e. The summed E-state index contributed by atoms with van der Waals surface area (Å²) in [5, 5.41) is 23.0. The Balaban J connectivity index is 1.72. The van der Waals surface area contributed by atoms with E-state index < -0.39 is 46.6 Å². The smallest absolute Gasteiger partial charge is 0.305 e. The lowest BCUT2D eigenvalue weighted by molar-refractivity contribution is -0.198. The number of Topliss-reactive ketones (excluding diaryl/α,β-unsaturated/α-hetero) is 1. The summed E-state index contributed by atoms with van der Waals surface area (Å²) in [4.78, 5) is 36.1. The Bertz CT molecular complexity index is 895. The third kappa shape index (κ3) is 2.92. The summed E-state index contributed by atoms with van der Waals surface area (Å²) in [6.45, 7) is 6.53. The number of hydrogen-bond donors (Lipinski definition) is 2. The van der Waals surface area contributed by atoms with Crippen molar-refractivity contribution in [1.82, 2.24) is 0 Å². The van der Waals surface area contributed by atoms with Crippen molar-refractivity contribution in [2.45, 2.75) is 71.4 Å². The molecule has 0 heterocycles. The summed E-state index contributed by atoms with van der Waals surface area (Å²) in [5.41, 5.74) is -2.56. The molecule has 0 saturated heterocycles. The van der Waals surface area contributed by atoms with E-state index in [-0.39, 0.29) is 30.0 Å². The first kappa shape index (κ1) is 22.3. The predicted molar refractivity (Wildman–Crippen MR) is 109 cm³/mol. The van der Waals surface area contributed by atoms with Crippen LogP contribution in [0.25, 0.3) is 0 Å². The Labute approximate surface area is 181 Å². The number of allylic oxidation sites excluding steroid dienone is 4. The average molecular weight is 435 g/mol. The number of ketones is 2. The number of carbonyl (C=O) groups excluding carboxylic acids is 3. The molecule has 0 aliphatic heterocycles. The molecule has 3 saturated carbocycles. The number of fused-ring (bicyclic) bond motifs is 5. The van der Waals surface area contributed by atoms with E-state index in [2.05, 4.69) is 4.74 Å². The van der Waals surface area contributed by atoms with Gasteiger partial charge in [0.05, 0.1) is 6.10 Å². The molecule has 9 atom stereocenters. The standard InChI is InChI=1S/C24H31FO6/c1-12-9-17-16-6-5-14-10-15(27)7-8-22(14,3)19(16)18(28)11-23(17,4)24(12,30)20(29)21(25)31-13(2)26/h7-8,10,12,16-19,21,28,30H,5-6,9,11H2,1-4H3/t12-,16+,17+,18+,19-,21?,22+,23+,24+/m1/s1. The fraction of sp³-hybridized carbons (Fsp3) is 0.708. The number of ether oxygens (including phenoxy) is 1. The van der Waals surface area contributed by atoms with E-state index in [9.17, 15) is 29.0 Å². The summed E-state index contributed by atoms with van der Waals surface area (Å²) in [7, 11) is 0. The molecule has 0 radical (unpaired) electrons. The van der Waals surface area contributed by atoms with Crippen molar-refractivity contribution in [3.8, 4) is 0 Å². The number of hydrogen-bond acceptors (Lipinski definition) is 6. The van der Waals surface area contributed by atoms with Crippen molar-refractivity contribution >= 4 is 17.5 Å². The molecule has 0 aromatic carbocycles. The molecule has 1 unspecified atom stereocenters. The number of aliphatic hydroxyl groups excluding tert-OH is 1. The van der Waals surface area contributed by atoms with Crippen molar-refractivity contribution in [2.24, 2.45) is 34.5 Å².